The normalized spacial score (nSPS) is 10.4. The summed E-state index contributed by atoms with van der Waals surface area (Å²) in [6, 6.07) is 7.23. The zero-order valence-corrected chi connectivity index (χ0v) is 12.4. The highest BCUT2D eigenvalue weighted by Crippen LogP contribution is 2.10. The number of benzene rings is 1. The minimum atomic E-state index is -0.770. The number of nitrogens with one attached hydrogen (secondary N) is 2. The molecule has 1 aromatic rings. The van der Waals surface area contributed by atoms with Crippen molar-refractivity contribution < 1.29 is 14.3 Å². The van der Waals surface area contributed by atoms with Crippen LogP contribution in [0.15, 0.2) is 29.4 Å². The van der Waals surface area contributed by atoms with E-state index in [1.54, 1.807) is 0 Å². The SMILES string of the molecule is CCCCNC(=O)C(=O)N/N=C/c1ccc(OCC)cc1. The molecule has 1 aromatic carbocycles. The first-order valence-electron chi connectivity index (χ1n) is 7.01. The predicted molar refractivity (Wildman–Crippen MR) is 81.3 cm³/mol. The molecule has 2 amide bonds. The largest absolute Gasteiger partial charge is 0.494 e. The minimum Gasteiger partial charge on any atom is -0.494 e. The molecule has 0 aliphatic carbocycles. The van der Waals surface area contributed by atoms with Crippen molar-refractivity contribution in [2.24, 2.45) is 5.10 Å². The maximum atomic E-state index is 11.4. The third-order valence-corrected chi connectivity index (χ3v) is 2.59. The maximum Gasteiger partial charge on any atom is 0.329 e. The summed E-state index contributed by atoms with van der Waals surface area (Å²) in [6.07, 6.45) is 3.26. The van der Waals surface area contributed by atoms with Crippen molar-refractivity contribution in [3.63, 3.8) is 0 Å². The molecule has 0 bridgehead atoms. The summed E-state index contributed by atoms with van der Waals surface area (Å²) in [7, 11) is 0. The highest BCUT2D eigenvalue weighted by molar-refractivity contribution is 6.35. The molecule has 6 heteroatoms. The molecule has 1 rings (SSSR count). The van der Waals surface area contributed by atoms with Gasteiger partial charge in [0.1, 0.15) is 5.75 Å². The molecule has 6 nitrogen and oxygen atoms in total. The second-order valence-corrected chi connectivity index (χ2v) is 4.31. The molecule has 0 spiro atoms. The number of hydrogen-bond acceptors (Lipinski definition) is 4. The van der Waals surface area contributed by atoms with Crippen molar-refractivity contribution in [1.82, 2.24) is 10.7 Å². The van der Waals surface area contributed by atoms with Gasteiger partial charge in [-0.2, -0.15) is 5.10 Å². The number of hydrazone groups is 1. The number of carbonyl (C=O) groups is 2. The van der Waals surface area contributed by atoms with E-state index in [1.165, 1.54) is 6.21 Å². The van der Waals surface area contributed by atoms with E-state index in [-0.39, 0.29) is 0 Å². The van der Waals surface area contributed by atoms with E-state index in [1.807, 2.05) is 38.1 Å². The summed E-state index contributed by atoms with van der Waals surface area (Å²) in [5.74, 6) is -0.672. The van der Waals surface area contributed by atoms with Crippen LogP contribution in [0.3, 0.4) is 0 Å². The van der Waals surface area contributed by atoms with E-state index in [0.29, 0.717) is 13.2 Å². The van der Waals surface area contributed by atoms with Crippen LogP contribution in [0.1, 0.15) is 32.3 Å². The summed E-state index contributed by atoms with van der Waals surface area (Å²) in [5, 5.41) is 6.25. The topological polar surface area (TPSA) is 79.8 Å². The Labute approximate surface area is 124 Å². The summed E-state index contributed by atoms with van der Waals surface area (Å²) in [4.78, 5) is 22.8. The minimum absolute atomic E-state index is 0.491. The lowest BCUT2D eigenvalue weighted by Gasteiger charge is -2.03. The van der Waals surface area contributed by atoms with Gasteiger partial charge in [-0.3, -0.25) is 9.59 Å². The smallest absolute Gasteiger partial charge is 0.329 e. The molecule has 0 aliphatic heterocycles. The van der Waals surface area contributed by atoms with Crippen molar-refractivity contribution in [2.45, 2.75) is 26.7 Å². The number of amides is 2. The van der Waals surface area contributed by atoms with Gasteiger partial charge in [0.05, 0.1) is 12.8 Å². The summed E-state index contributed by atoms with van der Waals surface area (Å²) in [5.41, 5.74) is 2.98. The molecule has 114 valence electrons. The molecule has 2 N–H and O–H groups in total. The Morgan fingerprint density at radius 1 is 1.19 bits per heavy atom. The van der Waals surface area contributed by atoms with Crippen LogP contribution in [0.4, 0.5) is 0 Å². The summed E-state index contributed by atoms with van der Waals surface area (Å²) < 4.78 is 5.31. The first-order chi connectivity index (χ1) is 10.2. The van der Waals surface area contributed by atoms with E-state index in [0.717, 1.165) is 24.2 Å². The molecule has 0 fully saturated rings. The van der Waals surface area contributed by atoms with Crippen LogP contribution in [-0.2, 0) is 9.59 Å². The van der Waals surface area contributed by atoms with Crippen LogP contribution < -0.4 is 15.5 Å². The van der Waals surface area contributed by atoms with Gasteiger partial charge in [-0.05, 0) is 43.2 Å². The van der Waals surface area contributed by atoms with E-state index in [2.05, 4.69) is 15.8 Å². The maximum absolute atomic E-state index is 11.4. The fraction of sp³-hybridized carbons (Fsp3) is 0.400. The highest BCUT2D eigenvalue weighted by atomic mass is 16.5. The fourth-order valence-electron chi connectivity index (χ4n) is 1.49. The highest BCUT2D eigenvalue weighted by Gasteiger charge is 2.10. The Bertz CT molecular complexity index is 483. The molecule has 21 heavy (non-hydrogen) atoms. The van der Waals surface area contributed by atoms with Crippen LogP contribution in [0, 0.1) is 0 Å². The quantitative estimate of drug-likeness (QED) is 0.345. The fourth-order valence-corrected chi connectivity index (χ4v) is 1.49. The standard InChI is InChI=1S/C15H21N3O3/c1-3-5-10-16-14(19)15(20)18-17-11-12-6-8-13(9-7-12)21-4-2/h6-9,11H,3-5,10H2,1-2H3,(H,16,19)(H,18,20)/b17-11+. The number of nitrogens with zero attached hydrogens (tertiary/aromatic N) is 1. The molecule has 0 aliphatic rings. The number of unbranched alkanes of at least 4 members (excludes halogenated alkanes) is 1. The van der Waals surface area contributed by atoms with Gasteiger partial charge in [-0.15, -0.1) is 0 Å². The Kier molecular flexibility index (Phi) is 7.56. The Morgan fingerprint density at radius 3 is 2.52 bits per heavy atom. The molecule has 0 radical (unpaired) electrons. The van der Waals surface area contributed by atoms with Crippen LogP contribution >= 0.6 is 0 Å². The zero-order chi connectivity index (χ0) is 15.5. The van der Waals surface area contributed by atoms with Crippen LogP contribution in [0.2, 0.25) is 0 Å². The van der Waals surface area contributed by atoms with Crippen molar-refractivity contribution in [1.29, 1.82) is 0 Å². The van der Waals surface area contributed by atoms with Gasteiger partial charge >= 0.3 is 11.8 Å². The van der Waals surface area contributed by atoms with Crippen LogP contribution in [0.25, 0.3) is 0 Å². The lowest BCUT2D eigenvalue weighted by Crippen LogP contribution is -2.38. The molecule has 0 atom stereocenters. The second kappa shape index (κ2) is 9.52. The Balaban J connectivity index is 2.39. The molecular weight excluding hydrogens is 270 g/mol. The van der Waals surface area contributed by atoms with Gasteiger partial charge in [-0.1, -0.05) is 13.3 Å². The Morgan fingerprint density at radius 2 is 1.90 bits per heavy atom. The van der Waals surface area contributed by atoms with Gasteiger partial charge in [0.15, 0.2) is 0 Å². The number of hydrogen-bond donors (Lipinski definition) is 2. The van der Waals surface area contributed by atoms with E-state index < -0.39 is 11.8 Å². The van der Waals surface area contributed by atoms with Gasteiger partial charge in [0, 0.05) is 6.54 Å². The van der Waals surface area contributed by atoms with Crippen LogP contribution in [-0.4, -0.2) is 31.2 Å². The van der Waals surface area contributed by atoms with Gasteiger partial charge < -0.3 is 10.1 Å². The summed E-state index contributed by atoms with van der Waals surface area (Å²) >= 11 is 0. The van der Waals surface area contributed by atoms with E-state index >= 15 is 0 Å². The van der Waals surface area contributed by atoms with E-state index in [9.17, 15) is 9.59 Å². The van der Waals surface area contributed by atoms with Crippen LogP contribution in [0.5, 0.6) is 5.75 Å². The lowest BCUT2D eigenvalue weighted by molar-refractivity contribution is -0.139. The van der Waals surface area contributed by atoms with Gasteiger partial charge in [0.2, 0.25) is 0 Å². The molecule has 0 saturated carbocycles. The number of rotatable bonds is 7. The number of carbonyl (C=O) groups excluding carboxylic acids is 2. The zero-order valence-electron chi connectivity index (χ0n) is 12.4. The molecular formula is C15H21N3O3. The molecule has 0 heterocycles. The van der Waals surface area contributed by atoms with Crippen molar-refractivity contribution in [3.05, 3.63) is 29.8 Å². The average Bonchev–Trinajstić information content (AvgIpc) is 2.49. The summed E-state index contributed by atoms with van der Waals surface area (Å²) in [6.45, 7) is 5.02. The molecule has 0 aromatic heterocycles. The molecule has 0 saturated heterocycles. The first kappa shape index (κ1) is 16.7. The van der Waals surface area contributed by atoms with Gasteiger partial charge in [0.25, 0.3) is 0 Å². The first-order valence-corrected chi connectivity index (χ1v) is 7.01. The second-order valence-electron chi connectivity index (χ2n) is 4.31. The third-order valence-electron chi connectivity index (χ3n) is 2.59. The van der Waals surface area contributed by atoms with Crippen molar-refractivity contribution in [2.75, 3.05) is 13.2 Å². The van der Waals surface area contributed by atoms with Crippen molar-refractivity contribution in [3.8, 4) is 5.75 Å². The predicted octanol–water partition coefficient (Wildman–Crippen LogP) is 1.45. The lowest BCUT2D eigenvalue weighted by atomic mass is 10.2. The monoisotopic (exact) mass is 291 g/mol. The number of ether oxygens (including phenoxy) is 1. The van der Waals surface area contributed by atoms with Crippen molar-refractivity contribution >= 4 is 18.0 Å². The third kappa shape index (κ3) is 6.56. The van der Waals surface area contributed by atoms with Gasteiger partial charge in [-0.25, -0.2) is 5.43 Å². The average molecular weight is 291 g/mol. The Hall–Kier alpha value is -2.37. The molecule has 0 unspecified atom stereocenters. The van der Waals surface area contributed by atoms with E-state index in [4.69, 9.17) is 4.74 Å².